The molecule has 17 heavy (non-hydrogen) atoms. The van der Waals surface area contributed by atoms with Crippen LogP contribution in [0.3, 0.4) is 0 Å². The minimum Gasteiger partial charge on any atom is -0.409 e. The summed E-state index contributed by atoms with van der Waals surface area (Å²) in [5.74, 6) is 0.356. The number of carbonyl (C=O) groups excluding carboxylic acids is 1. The highest BCUT2D eigenvalue weighted by Gasteiger charge is 2.12. The summed E-state index contributed by atoms with van der Waals surface area (Å²) in [6.45, 7) is 2.33. The minimum atomic E-state index is -0.775. The number of hydroxylamine groups is 2. The van der Waals surface area contributed by atoms with Crippen LogP contribution in [0.4, 0.5) is 4.79 Å². The van der Waals surface area contributed by atoms with Crippen molar-refractivity contribution >= 4 is 17.7 Å². The van der Waals surface area contributed by atoms with Crippen LogP contribution in [-0.2, 0) is 0 Å². The van der Waals surface area contributed by atoms with Gasteiger partial charge in [0.2, 0.25) is 0 Å². The summed E-state index contributed by atoms with van der Waals surface area (Å²) in [5, 5.41) is 10.5. The zero-order chi connectivity index (χ0) is 12.7. The molecule has 5 heteroatoms. The molecule has 1 aromatic carbocycles. The van der Waals surface area contributed by atoms with E-state index in [0.717, 1.165) is 19.3 Å². The molecule has 1 N–H and O–H groups in total. The van der Waals surface area contributed by atoms with Crippen LogP contribution in [0.25, 0.3) is 0 Å². The summed E-state index contributed by atoms with van der Waals surface area (Å²) in [7, 11) is 0. The molecule has 4 nitrogen and oxygen atoms in total. The Morgan fingerprint density at radius 2 is 2.00 bits per heavy atom. The first-order valence-electron chi connectivity index (χ1n) is 5.57. The van der Waals surface area contributed by atoms with Gasteiger partial charge in [-0.25, -0.2) is 4.79 Å². The molecule has 94 valence electrons. The van der Waals surface area contributed by atoms with Crippen molar-refractivity contribution in [2.75, 3.05) is 6.54 Å². The van der Waals surface area contributed by atoms with Crippen molar-refractivity contribution < 1.29 is 14.7 Å². The number of nitrogens with zero attached hydrogens (tertiary/aromatic N) is 1. The van der Waals surface area contributed by atoms with E-state index in [1.807, 2.05) is 6.92 Å². The lowest BCUT2D eigenvalue weighted by molar-refractivity contribution is -0.0611. The van der Waals surface area contributed by atoms with E-state index in [1.54, 1.807) is 24.3 Å². The van der Waals surface area contributed by atoms with Gasteiger partial charge in [0, 0.05) is 5.02 Å². The van der Waals surface area contributed by atoms with Crippen molar-refractivity contribution in [3.8, 4) is 5.75 Å². The van der Waals surface area contributed by atoms with Crippen LogP contribution in [0.1, 0.15) is 26.2 Å². The van der Waals surface area contributed by atoms with Gasteiger partial charge in [0.05, 0.1) is 6.54 Å². The predicted molar refractivity (Wildman–Crippen MR) is 65.5 cm³/mol. The fourth-order valence-electron chi connectivity index (χ4n) is 1.26. The smallest absolute Gasteiger partial charge is 0.409 e. The minimum absolute atomic E-state index is 0.278. The highest BCUT2D eigenvalue weighted by atomic mass is 35.5. The lowest BCUT2D eigenvalue weighted by atomic mass is 10.2. The molecule has 0 aliphatic heterocycles. The topological polar surface area (TPSA) is 49.8 Å². The van der Waals surface area contributed by atoms with Gasteiger partial charge in [-0.05, 0) is 30.7 Å². The molecule has 1 amide bonds. The molecular weight excluding hydrogens is 242 g/mol. The molecule has 0 heterocycles. The van der Waals surface area contributed by atoms with E-state index < -0.39 is 6.09 Å². The number of amides is 1. The largest absolute Gasteiger partial charge is 0.439 e. The van der Waals surface area contributed by atoms with Crippen molar-refractivity contribution in [2.45, 2.75) is 26.2 Å². The summed E-state index contributed by atoms with van der Waals surface area (Å²) < 4.78 is 4.94. The number of ether oxygens (including phenoxy) is 1. The number of halogens is 1. The van der Waals surface area contributed by atoms with Gasteiger partial charge in [0.1, 0.15) is 5.75 Å². The molecule has 0 bridgehead atoms. The highest BCUT2D eigenvalue weighted by Crippen LogP contribution is 2.16. The molecule has 0 fully saturated rings. The summed E-state index contributed by atoms with van der Waals surface area (Å²) >= 11 is 5.69. The predicted octanol–water partition coefficient (Wildman–Crippen LogP) is 3.72. The number of carbonyl (C=O) groups is 1. The molecule has 0 aromatic heterocycles. The Morgan fingerprint density at radius 1 is 1.35 bits per heavy atom. The maximum atomic E-state index is 11.4. The van der Waals surface area contributed by atoms with Crippen molar-refractivity contribution in [1.29, 1.82) is 0 Å². The van der Waals surface area contributed by atoms with Gasteiger partial charge < -0.3 is 4.74 Å². The normalized spacial score (nSPS) is 10.1. The van der Waals surface area contributed by atoms with E-state index >= 15 is 0 Å². The number of rotatable bonds is 5. The monoisotopic (exact) mass is 257 g/mol. The van der Waals surface area contributed by atoms with Crippen LogP contribution in [-0.4, -0.2) is 22.9 Å². The van der Waals surface area contributed by atoms with E-state index in [1.165, 1.54) is 0 Å². The summed E-state index contributed by atoms with van der Waals surface area (Å²) in [6, 6.07) is 6.37. The lowest BCUT2D eigenvalue weighted by Crippen LogP contribution is -2.31. The van der Waals surface area contributed by atoms with Crippen LogP contribution in [0.2, 0.25) is 5.02 Å². The quantitative estimate of drug-likeness (QED) is 0.497. The third kappa shape index (κ3) is 5.06. The Hall–Kier alpha value is -1.26. The molecular formula is C12H16ClNO3. The Labute approximate surface area is 106 Å². The molecule has 0 atom stereocenters. The molecule has 0 aliphatic rings. The van der Waals surface area contributed by atoms with Gasteiger partial charge >= 0.3 is 6.09 Å². The second kappa shape index (κ2) is 7.14. The molecule has 1 rings (SSSR count). The average molecular weight is 258 g/mol. The number of benzene rings is 1. The van der Waals surface area contributed by atoms with Crippen LogP contribution in [0.5, 0.6) is 5.75 Å². The first-order valence-corrected chi connectivity index (χ1v) is 5.95. The molecule has 1 aromatic rings. The fourth-order valence-corrected chi connectivity index (χ4v) is 1.38. The number of hydrogen-bond acceptors (Lipinski definition) is 3. The van der Waals surface area contributed by atoms with Gasteiger partial charge in [0.15, 0.2) is 0 Å². The summed E-state index contributed by atoms with van der Waals surface area (Å²) in [4.78, 5) is 11.4. The first kappa shape index (κ1) is 13.8. The van der Waals surface area contributed by atoms with Crippen LogP contribution >= 0.6 is 11.6 Å². The summed E-state index contributed by atoms with van der Waals surface area (Å²) in [6.07, 6.45) is 1.97. The molecule has 0 spiro atoms. The summed E-state index contributed by atoms with van der Waals surface area (Å²) in [5.41, 5.74) is 0. The van der Waals surface area contributed by atoms with Gasteiger partial charge in [-0.3, -0.25) is 5.21 Å². The highest BCUT2D eigenvalue weighted by molar-refractivity contribution is 6.30. The molecule has 0 saturated heterocycles. The van der Waals surface area contributed by atoms with E-state index in [4.69, 9.17) is 16.3 Å². The van der Waals surface area contributed by atoms with Crippen molar-refractivity contribution in [1.82, 2.24) is 5.06 Å². The van der Waals surface area contributed by atoms with Gasteiger partial charge in [-0.15, -0.1) is 0 Å². The van der Waals surface area contributed by atoms with E-state index in [-0.39, 0.29) is 6.54 Å². The number of hydrogen-bond donors (Lipinski definition) is 1. The number of unbranched alkanes of at least 4 members (excludes halogenated alkanes) is 2. The van der Waals surface area contributed by atoms with E-state index in [0.29, 0.717) is 15.8 Å². The molecule has 0 unspecified atom stereocenters. The lowest BCUT2D eigenvalue weighted by Gasteiger charge is -2.14. The fraction of sp³-hybridized carbons (Fsp3) is 0.417. The van der Waals surface area contributed by atoms with Gasteiger partial charge in [-0.1, -0.05) is 31.4 Å². The van der Waals surface area contributed by atoms with Gasteiger partial charge in [-0.2, -0.15) is 5.06 Å². The standard InChI is InChI=1S/C12H16ClNO3/c1-2-3-4-9-14(16)12(15)17-11-7-5-10(13)6-8-11/h5-8,16H,2-4,9H2,1H3. The van der Waals surface area contributed by atoms with Crippen LogP contribution in [0.15, 0.2) is 24.3 Å². The molecule has 0 aliphatic carbocycles. The Bertz CT molecular complexity index is 353. The Kier molecular flexibility index (Phi) is 5.80. The van der Waals surface area contributed by atoms with Crippen LogP contribution in [0, 0.1) is 0 Å². The second-order valence-corrected chi connectivity index (χ2v) is 4.09. The van der Waals surface area contributed by atoms with E-state index in [9.17, 15) is 10.0 Å². The first-order chi connectivity index (χ1) is 8.13. The van der Waals surface area contributed by atoms with E-state index in [2.05, 4.69) is 0 Å². The maximum Gasteiger partial charge on any atom is 0.439 e. The maximum absolute atomic E-state index is 11.4. The molecule has 0 radical (unpaired) electrons. The average Bonchev–Trinajstić information content (AvgIpc) is 2.32. The third-order valence-electron chi connectivity index (χ3n) is 2.20. The van der Waals surface area contributed by atoms with Crippen molar-refractivity contribution in [2.24, 2.45) is 0 Å². The second-order valence-electron chi connectivity index (χ2n) is 3.65. The SMILES string of the molecule is CCCCCN(O)C(=O)Oc1ccc(Cl)cc1. The Balaban J connectivity index is 2.40. The van der Waals surface area contributed by atoms with Crippen molar-refractivity contribution in [3.05, 3.63) is 29.3 Å². The molecule has 0 saturated carbocycles. The van der Waals surface area contributed by atoms with Gasteiger partial charge in [0.25, 0.3) is 0 Å². The van der Waals surface area contributed by atoms with Crippen molar-refractivity contribution in [3.63, 3.8) is 0 Å². The zero-order valence-corrected chi connectivity index (χ0v) is 10.5. The third-order valence-corrected chi connectivity index (χ3v) is 2.45. The Morgan fingerprint density at radius 3 is 2.59 bits per heavy atom. The zero-order valence-electron chi connectivity index (χ0n) is 9.73. The van der Waals surface area contributed by atoms with Crippen LogP contribution < -0.4 is 4.74 Å².